The fourth-order valence-electron chi connectivity index (χ4n) is 2.45. The molecule has 1 saturated carbocycles. The molecule has 4 heteroatoms. The summed E-state index contributed by atoms with van der Waals surface area (Å²) in [5.74, 6) is 0. The normalized spacial score (nSPS) is 14.5. The third-order valence-corrected chi connectivity index (χ3v) is 4.36. The Balaban J connectivity index is 1.66. The number of hydrogen-bond donors (Lipinski definition) is 1. The summed E-state index contributed by atoms with van der Waals surface area (Å²) in [5.41, 5.74) is 7.02. The van der Waals surface area contributed by atoms with Crippen molar-refractivity contribution in [2.45, 2.75) is 38.9 Å². The molecule has 0 bridgehead atoms. The number of rotatable bonds is 6. The van der Waals surface area contributed by atoms with Gasteiger partial charge in [-0.05, 0) is 37.0 Å². The molecule has 3 nitrogen and oxygen atoms in total. The highest BCUT2D eigenvalue weighted by atomic mass is 32.1. The van der Waals surface area contributed by atoms with E-state index in [2.05, 4.69) is 52.8 Å². The van der Waals surface area contributed by atoms with E-state index in [0.29, 0.717) is 0 Å². The van der Waals surface area contributed by atoms with Gasteiger partial charge in [0.25, 0.3) is 0 Å². The van der Waals surface area contributed by atoms with Crippen LogP contribution in [0.3, 0.4) is 0 Å². The van der Waals surface area contributed by atoms with Crippen molar-refractivity contribution < 1.29 is 0 Å². The van der Waals surface area contributed by atoms with Gasteiger partial charge in [-0.25, -0.2) is 4.98 Å². The Morgan fingerprint density at radius 1 is 1.40 bits per heavy atom. The lowest BCUT2D eigenvalue weighted by Crippen LogP contribution is -2.18. The van der Waals surface area contributed by atoms with Gasteiger partial charge < -0.3 is 10.2 Å². The van der Waals surface area contributed by atoms with Gasteiger partial charge in [0.2, 0.25) is 0 Å². The molecule has 0 spiro atoms. The van der Waals surface area contributed by atoms with Crippen LogP contribution in [0.2, 0.25) is 0 Å². The lowest BCUT2D eigenvalue weighted by molar-refractivity contribution is 0.687. The zero-order valence-electron chi connectivity index (χ0n) is 12.1. The van der Waals surface area contributed by atoms with Crippen molar-refractivity contribution in [1.82, 2.24) is 10.3 Å². The van der Waals surface area contributed by atoms with Crippen molar-refractivity contribution in [3.05, 3.63) is 45.9 Å². The summed E-state index contributed by atoms with van der Waals surface area (Å²) < 4.78 is 0. The van der Waals surface area contributed by atoms with Crippen LogP contribution in [-0.2, 0) is 13.1 Å². The molecule has 1 heterocycles. The van der Waals surface area contributed by atoms with E-state index in [1.165, 1.54) is 29.7 Å². The van der Waals surface area contributed by atoms with E-state index >= 15 is 0 Å². The monoisotopic (exact) mass is 287 g/mol. The molecule has 1 aliphatic carbocycles. The van der Waals surface area contributed by atoms with Crippen molar-refractivity contribution in [2.24, 2.45) is 0 Å². The minimum absolute atomic E-state index is 0.766. The predicted octanol–water partition coefficient (Wildman–Crippen LogP) is 3.34. The number of thiazole rings is 1. The second-order valence-electron chi connectivity index (χ2n) is 5.61. The molecular weight excluding hydrogens is 266 g/mol. The minimum atomic E-state index is 0.766. The number of aryl methyl sites for hydroxylation is 1. The van der Waals surface area contributed by atoms with Crippen LogP contribution < -0.4 is 10.2 Å². The second kappa shape index (κ2) is 5.94. The summed E-state index contributed by atoms with van der Waals surface area (Å²) in [6, 6.07) is 7.52. The molecule has 3 rings (SSSR count). The Labute approximate surface area is 124 Å². The summed E-state index contributed by atoms with van der Waals surface area (Å²) >= 11 is 1.65. The van der Waals surface area contributed by atoms with E-state index in [9.17, 15) is 0 Å². The quantitative estimate of drug-likeness (QED) is 0.883. The first-order chi connectivity index (χ1) is 9.72. The van der Waals surface area contributed by atoms with Crippen LogP contribution in [0.5, 0.6) is 0 Å². The Kier molecular flexibility index (Phi) is 4.03. The Morgan fingerprint density at radius 3 is 2.90 bits per heavy atom. The number of hydrogen-bond acceptors (Lipinski definition) is 4. The van der Waals surface area contributed by atoms with Crippen molar-refractivity contribution in [1.29, 1.82) is 0 Å². The van der Waals surface area contributed by atoms with Gasteiger partial charge in [-0.1, -0.05) is 12.1 Å². The van der Waals surface area contributed by atoms with E-state index in [-0.39, 0.29) is 0 Å². The molecule has 0 atom stereocenters. The van der Waals surface area contributed by atoms with Crippen LogP contribution in [0.25, 0.3) is 0 Å². The number of anilines is 1. The maximum atomic E-state index is 4.35. The average molecular weight is 287 g/mol. The fraction of sp³-hybridized carbons (Fsp3) is 0.438. The second-order valence-corrected chi connectivity index (χ2v) is 6.33. The zero-order valence-corrected chi connectivity index (χ0v) is 12.9. The van der Waals surface area contributed by atoms with E-state index in [0.717, 1.165) is 24.8 Å². The zero-order chi connectivity index (χ0) is 13.9. The average Bonchev–Trinajstić information content (AvgIpc) is 3.13. The van der Waals surface area contributed by atoms with Crippen LogP contribution in [0.15, 0.2) is 29.1 Å². The van der Waals surface area contributed by atoms with Gasteiger partial charge >= 0.3 is 0 Å². The third-order valence-electron chi connectivity index (χ3n) is 3.73. The molecule has 0 saturated heterocycles. The molecule has 0 radical (unpaired) electrons. The number of nitrogens with zero attached hydrogens (tertiary/aromatic N) is 2. The Bertz CT molecular complexity index is 561. The molecule has 1 N–H and O–H groups in total. The van der Waals surface area contributed by atoms with Crippen molar-refractivity contribution in [3.63, 3.8) is 0 Å². The first kappa shape index (κ1) is 13.6. The molecule has 2 aromatic rings. The first-order valence-corrected chi connectivity index (χ1v) is 8.08. The lowest BCUT2D eigenvalue weighted by Gasteiger charge is -2.21. The number of nitrogens with one attached hydrogen (secondary N) is 1. The largest absolute Gasteiger partial charge is 0.368 e. The van der Waals surface area contributed by atoms with Crippen molar-refractivity contribution in [3.8, 4) is 0 Å². The van der Waals surface area contributed by atoms with Crippen molar-refractivity contribution >= 4 is 17.0 Å². The summed E-state index contributed by atoms with van der Waals surface area (Å²) in [7, 11) is 2.13. The van der Waals surface area contributed by atoms with E-state index in [1.807, 2.05) is 5.51 Å². The lowest BCUT2D eigenvalue weighted by atomic mass is 10.1. The van der Waals surface area contributed by atoms with E-state index in [4.69, 9.17) is 0 Å². The van der Waals surface area contributed by atoms with Crippen LogP contribution in [0.4, 0.5) is 5.69 Å². The topological polar surface area (TPSA) is 28.2 Å². The fourth-order valence-corrected chi connectivity index (χ4v) is 3.00. The maximum absolute atomic E-state index is 4.35. The summed E-state index contributed by atoms with van der Waals surface area (Å²) in [4.78, 5) is 6.62. The summed E-state index contributed by atoms with van der Waals surface area (Å²) in [5, 5.41) is 5.67. The van der Waals surface area contributed by atoms with Crippen LogP contribution in [-0.4, -0.2) is 18.1 Å². The predicted molar refractivity (Wildman–Crippen MR) is 85.3 cm³/mol. The van der Waals surface area contributed by atoms with Gasteiger partial charge in [-0.15, -0.1) is 11.3 Å². The van der Waals surface area contributed by atoms with Gasteiger partial charge in [-0.2, -0.15) is 0 Å². The van der Waals surface area contributed by atoms with Gasteiger partial charge in [0, 0.05) is 30.7 Å². The molecular formula is C16H21N3S. The molecule has 20 heavy (non-hydrogen) atoms. The molecule has 1 aliphatic rings. The van der Waals surface area contributed by atoms with Gasteiger partial charge in [0.05, 0.1) is 17.7 Å². The van der Waals surface area contributed by atoms with E-state index < -0.39 is 0 Å². The minimum Gasteiger partial charge on any atom is -0.368 e. The highest BCUT2D eigenvalue weighted by Gasteiger charge is 2.20. The molecule has 1 aromatic heterocycles. The summed E-state index contributed by atoms with van der Waals surface area (Å²) in [6.45, 7) is 4.04. The van der Waals surface area contributed by atoms with Gasteiger partial charge in [0.1, 0.15) is 0 Å². The SMILES string of the molecule is Cc1cc(CNC2CC2)ccc1N(C)Cc1cscn1. The molecule has 1 aromatic carbocycles. The Hall–Kier alpha value is -1.39. The number of aromatic nitrogens is 1. The molecule has 1 fully saturated rings. The van der Waals surface area contributed by atoms with Crippen LogP contribution >= 0.6 is 11.3 Å². The molecule has 106 valence electrons. The summed E-state index contributed by atoms with van der Waals surface area (Å²) in [6.07, 6.45) is 2.68. The first-order valence-electron chi connectivity index (χ1n) is 7.13. The molecule has 0 aliphatic heterocycles. The van der Waals surface area contributed by atoms with Gasteiger partial charge in [-0.3, -0.25) is 0 Å². The van der Waals surface area contributed by atoms with Crippen LogP contribution in [0, 0.1) is 6.92 Å². The highest BCUT2D eigenvalue weighted by molar-refractivity contribution is 7.07. The number of benzene rings is 1. The molecule has 0 unspecified atom stereocenters. The third kappa shape index (κ3) is 3.38. The smallest absolute Gasteiger partial charge is 0.0795 e. The van der Waals surface area contributed by atoms with Crippen molar-refractivity contribution in [2.75, 3.05) is 11.9 Å². The maximum Gasteiger partial charge on any atom is 0.0795 e. The standard InChI is InChI=1S/C16H21N3S/c1-12-7-13(8-17-14-4-5-14)3-6-16(12)19(2)9-15-10-20-11-18-15/h3,6-7,10-11,14,17H,4-5,8-9H2,1-2H3. The Morgan fingerprint density at radius 2 is 2.25 bits per heavy atom. The molecule has 0 amide bonds. The highest BCUT2D eigenvalue weighted by Crippen LogP contribution is 2.23. The van der Waals surface area contributed by atoms with Gasteiger partial charge in [0.15, 0.2) is 0 Å². The van der Waals surface area contributed by atoms with Crippen LogP contribution in [0.1, 0.15) is 29.7 Å². The van der Waals surface area contributed by atoms with E-state index in [1.54, 1.807) is 11.3 Å².